The zero-order chi connectivity index (χ0) is 10.7. The molecule has 5 heteroatoms. The van der Waals surface area contributed by atoms with E-state index in [1.807, 2.05) is 0 Å². The van der Waals surface area contributed by atoms with E-state index in [-0.39, 0.29) is 5.56 Å². The second-order valence-electron chi connectivity index (χ2n) is 3.82. The molecule has 0 aromatic carbocycles. The molecule has 2 heterocycles. The van der Waals surface area contributed by atoms with Crippen molar-refractivity contribution in [2.24, 2.45) is 5.92 Å². The predicted molar refractivity (Wildman–Crippen MR) is 59.8 cm³/mol. The standard InChI is InChI=1S/C10H13BrN2O2/c11-9-5-8(12-13-10(9)14)4-7-2-1-3-15-6-7/h5,7H,1-4,6H2,(H,13,14). The van der Waals surface area contributed by atoms with Crippen molar-refractivity contribution in [3.8, 4) is 0 Å². The molecule has 1 unspecified atom stereocenters. The molecule has 1 N–H and O–H groups in total. The number of H-pyrrole nitrogens is 1. The molecular formula is C10H13BrN2O2. The van der Waals surface area contributed by atoms with Gasteiger partial charge in [-0.15, -0.1) is 0 Å². The van der Waals surface area contributed by atoms with Crippen molar-refractivity contribution in [1.29, 1.82) is 0 Å². The van der Waals surface area contributed by atoms with E-state index >= 15 is 0 Å². The quantitative estimate of drug-likeness (QED) is 0.888. The van der Waals surface area contributed by atoms with Crippen LogP contribution in [0, 0.1) is 5.92 Å². The lowest BCUT2D eigenvalue weighted by molar-refractivity contribution is 0.0546. The molecule has 0 bridgehead atoms. The molecule has 0 amide bonds. The Morgan fingerprint density at radius 3 is 3.20 bits per heavy atom. The number of rotatable bonds is 2. The molecule has 15 heavy (non-hydrogen) atoms. The minimum Gasteiger partial charge on any atom is -0.381 e. The highest BCUT2D eigenvalue weighted by atomic mass is 79.9. The van der Waals surface area contributed by atoms with Crippen LogP contribution in [0.4, 0.5) is 0 Å². The summed E-state index contributed by atoms with van der Waals surface area (Å²) in [5.41, 5.74) is 0.732. The lowest BCUT2D eigenvalue weighted by Gasteiger charge is -2.21. The van der Waals surface area contributed by atoms with Crippen LogP contribution in [0.5, 0.6) is 0 Å². The van der Waals surface area contributed by atoms with Crippen molar-refractivity contribution in [3.05, 3.63) is 26.6 Å². The minimum atomic E-state index is -0.182. The first-order valence-corrected chi connectivity index (χ1v) is 5.87. The van der Waals surface area contributed by atoms with Crippen LogP contribution in [0.1, 0.15) is 18.5 Å². The van der Waals surface area contributed by atoms with E-state index in [0.717, 1.165) is 31.7 Å². The van der Waals surface area contributed by atoms with E-state index in [9.17, 15) is 4.79 Å². The number of aromatic amines is 1. The van der Waals surface area contributed by atoms with Crippen LogP contribution in [-0.4, -0.2) is 23.4 Å². The van der Waals surface area contributed by atoms with E-state index < -0.39 is 0 Å². The van der Waals surface area contributed by atoms with Crippen LogP contribution in [0.3, 0.4) is 0 Å². The smallest absolute Gasteiger partial charge is 0.278 e. The van der Waals surface area contributed by atoms with Gasteiger partial charge in [-0.05, 0) is 47.2 Å². The van der Waals surface area contributed by atoms with Crippen LogP contribution >= 0.6 is 15.9 Å². The van der Waals surface area contributed by atoms with E-state index in [4.69, 9.17) is 4.74 Å². The van der Waals surface area contributed by atoms with Crippen molar-refractivity contribution < 1.29 is 4.74 Å². The second kappa shape index (κ2) is 4.90. The summed E-state index contributed by atoms with van der Waals surface area (Å²) in [6.07, 6.45) is 3.17. The third kappa shape index (κ3) is 2.89. The first kappa shape index (κ1) is 10.8. The van der Waals surface area contributed by atoms with Gasteiger partial charge in [-0.25, -0.2) is 5.10 Å². The van der Waals surface area contributed by atoms with Gasteiger partial charge in [-0.3, -0.25) is 4.79 Å². The predicted octanol–water partition coefficient (Wildman–Crippen LogP) is 1.50. The first-order valence-electron chi connectivity index (χ1n) is 5.07. The highest BCUT2D eigenvalue weighted by Gasteiger charge is 2.15. The fourth-order valence-corrected chi connectivity index (χ4v) is 2.14. The molecule has 1 atom stereocenters. The summed E-state index contributed by atoms with van der Waals surface area (Å²) < 4.78 is 5.94. The van der Waals surface area contributed by atoms with Crippen LogP contribution in [0.2, 0.25) is 0 Å². The molecule has 1 aromatic heterocycles. The Morgan fingerprint density at radius 2 is 2.53 bits per heavy atom. The molecule has 4 nitrogen and oxygen atoms in total. The molecule has 0 aliphatic carbocycles. The highest BCUT2D eigenvalue weighted by Crippen LogP contribution is 2.18. The molecular weight excluding hydrogens is 260 g/mol. The Hall–Kier alpha value is -0.680. The van der Waals surface area contributed by atoms with E-state index in [0.29, 0.717) is 10.4 Å². The summed E-state index contributed by atoms with van der Waals surface area (Å²) >= 11 is 3.20. The third-order valence-electron chi connectivity index (χ3n) is 2.56. The Bertz CT molecular complexity index is 385. The van der Waals surface area contributed by atoms with E-state index in [1.165, 1.54) is 6.42 Å². The fourth-order valence-electron chi connectivity index (χ4n) is 1.79. The number of nitrogens with zero attached hydrogens (tertiary/aromatic N) is 1. The fraction of sp³-hybridized carbons (Fsp3) is 0.600. The Balaban J connectivity index is 2.03. The van der Waals surface area contributed by atoms with E-state index in [1.54, 1.807) is 6.07 Å². The summed E-state index contributed by atoms with van der Waals surface area (Å²) in [7, 11) is 0. The van der Waals surface area contributed by atoms with Crippen LogP contribution in [0.25, 0.3) is 0 Å². The van der Waals surface area contributed by atoms with E-state index in [2.05, 4.69) is 26.1 Å². The van der Waals surface area contributed by atoms with Crippen molar-refractivity contribution >= 4 is 15.9 Å². The van der Waals surface area contributed by atoms with Gasteiger partial charge in [0, 0.05) is 13.2 Å². The molecule has 82 valence electrons. The molecule has 1 aromatic rings. The molecule has 1 saturated heterocycles. The summed E-state index contributed by atoms with van der Waals surface area (Å²) in [5.74, 6) is 0.532. The molecule has 1 aliphatic rings. The minimum absolute atomic E-state index is 0.182. The van der Waals surface area contributed by atoms with Gasteiger partial charge in [-0.1, -0.05) is 0 Å². The van der Waals surface area contributed by atoms with Gasteiger partial charge in [-0.2, -0.15) is 5.10 Å². The lowest BCUT2D eigenvalue weighted by Crippen LogP contribution is -2.21. The molecule has 1 fully saturated rings. The van der Waals surface area contributed by atoms with Crippen molar-refractivity contribution in [3.63, 3.8) is 0 Å². The Kier molecular flexibility index (Phi) is 3.53. The monoisotopic (exact) mass is 272 g/mol. The largest absolute Gasteiger partial charge is 0.381 e. The normalized spacial score (nSPS) is 21.5. The topological polar surface area (TPSA) is 55.0 Å². The molecule has 2 rings (SSSR count). The maximum atomic E-state index is 11.1. The number of aromatic nitrogens is 2. The molecule has 0 radical (unpaired) electrons. The van der Waals surface area contributed by atoms with Gasteiger partial charge in [0.25, 0.3) is 5.56 Å². The van der Waals surface area contributed by atoms with Crippen molar-refractivity contribution in [2.45, 2.75) is 19.3 Å². The summed E-state index contributed by atoms with van der Waals surface area (Å²) in [4.78, 5) is 11.1. The zero-order valence-electron chi connectivity index (χ0n) is 8.33. The number of hydrogen-bond donors (Lipinski definition) is 1. The third-order valence-corrected chi connectivity index (χ3v) is 3.15. The zero-order valence-corrected chi connectivity index (χ0v) is 9.92. The first-order chi connectivity index (χ1) is 7.25. The number of hydrogen-bond acceptors (Lipinski definition) is 3. The van der Waals surface area contributed by atoms with Gasteiger partial charge in [0.05, 0.1) is 10.2 Å². The average Bonchev–Trinajstić information content (AvgIpc) is 2.25. The maximum absolute atomic E-state index is 11.1. The Labute approximate surface area is 96.2 Å². The van der Waals surface area contributed by atoms with Gasteiger partial charge < -0.3 is 4.74 Å². The lowest BCUT2D eigenvalue weighted by atomic mass is 9.97. The molecule has 0 saturated carbocycles. The molecule has 1 aliphatic heterocycles. The number of ether oxygens (including phenoxy) is 1. The van der Waals surface area contributed by atoms with Gasteiger partial charge in [0.15, 0.2) is 0 Å². The maximum Gasteiger partial charge on any atom is 0.278 e. The van der Waals surface area contributed by atoms with Crippen molar-refractivity contribution in [1.82, 2.24) is 10.2 Å². The summed E-state index contributed by atoms with van der Waals surface area (Å²) in [6, 6.07) is 1.79. The van der Waals surface area contributed by atoms with Gasteiger partial charge >= 0.3 is 0 Å². The number of nitrogens with one attached hydrogen (secondary N) is 1. The SMILES string of the molecule is O=c1[nH]nc(CC2CCCOC2)cc1Br. The van der Waals surface area contributed by atoms with Crippen LogP contribution in [-0.2, 0) is 11.2 Å². The summed E-state index contributed by atoms with van der Waals surface area (Å²) in [5, 5.41) is 6.47. The van der Waals surface area contributed by atoms with Crippen LogP contribution < -0.4 is 5.56 Å². The summed E-state index contributed by atoms with van der Waals surface area (Å²) in [6.45, 7) is 1.68. The number of halogens is 1. The molecule has 0 spiro atoms. The average molecular weight is 273 g/mol. The van der Waals surface area contributed by atoms with Gasteiger partial charge in [0.2, 0.25) is 0 Å². The van der Waals surface area contributed by atoms with Gasteiger partial charge in [0.1, 0.15) is 0 Å². The van der Waals surface area contributed by atoms with Crippen molar-refractivity contribution in [2.75, 3.05) is 13.2 Å². The highest BCUT2D eigenvalue weighted by molar-refractivity contribution is 9.10. The van der Waals surface area contributed by atoms with Crippen LogP contribution in [0.15, 0.2) is 15.3 Å². The Morgan fingerprint density at radius 1 is 1.67 bits per heavy atom. The second-order valence-corrected chi connectivity index (χ2v) is 4.68.